The largest absolute Gasteiger partial charge is 0.468 e. The van der Waals surface area contributed by atoms with E-state index in [1.807, 2.05) is 12.1 Å². The summed E-state index contributed by atoms with van der Waals surface area (Å²) >= 11 is 1.36. The molecule has 0 radical (unpaired) electrons. The van der Waals surface area contributed by atoms with E-state index in [-0.39, 0.29) is 19.2 Å². The minimum atomic E-state index is -0.396. The molecule has 1 fully saturated rings. The number of amides is 1. The van der Waals surface area contributed by atoms with Crippen molar-refractivity contribution in [2.75, 3.05) is 13.9 Å². The number of benzene rings is 1. The summed E-state index contributed by atoms with van der Waals surface area (Å²) in [4.78, 5) is 29.1. The molecule has 1 aliphatic heterocycles. The van der Waals surface area contributed by atoms with Gasteiger partial charge in [-0.05, 0) is 12.3 Å². The van der Waals surface area contributed by atoms with Crippen LogP contribution in [0.5, 0.6) is 11.5 Å². The van der Waals surface area contributed by atoms with Gasteiger partial charge in [-0.2, -0.15) is 4.99 Å². The Bertz CT molecular complexity index is 939. The lowest BCUT2D eigenvalue weighted by molar-refractivity contribution is -0.141. The average molecular weight is 390 g/mol. The summed E-state index contributed by atoms with van der Waals surface area (Å²) in [5.74, 6) is 1.39. The number of rotatable bonds is 5. The highest BCUT2D eigenvalue weighted by atomic mass is 32.1. The van der Waals surface area contributed by atoms with E-state index >= 15 is 0 Å². The van der Waals surface area contributed by atoms with Gasteiger partial charge in [-0.1, -0.05) is 37.0 Å². The van der Waals surface area contributed by atoms with E-state index in [0.717, 1.165) is 16.6 Å². The zero-order valence-electron chi connectivity index (χ0n) is 15.2. The molecule has 1 aromatic heterocycles. The standard InChI is InChI=1S/C19H22N2O5S/c1-24-18(23)10-21-13-8-14-15(26-11-25-14)9-16(13)27-19(21)20-17(22)7-6-12-4-2-3-5-12/h8-9,12H,2-7,10-11H2,1H3. The molecule has 1 amide bonds. The average Bonchev–Trinajstić information content (AvgIpc) is 3.39. The van der Waals surface area contributed by atoms with Crippen LogP contribution >= 0.6 is 11.3 Å². The fourth-order valence-corrected chi connectivity index (χ4v) is 4.74. The van der Waals surface area contributed by atoms with Gasteiger partial charge in [0.15, 0.2) is 16.3 Å². The molecule has 0 saturated heterocycles. The van der Waals surface area contributed by atoms with Gasteiger partial charge in [-0.15, -0.1) is 0 Å². The minimum absolute atomic E-state index is 0.00905. The summed E-state index contributed by atoms with van der Waals surface area (Å²) in [5.41, 5.74) is 0.775. The lowest BCUT2D eigenvalue weighted by Crippen LogP contribution is -2.22. The number of ether oxygens (including phenoxy) is 3. The second-order valence-electron chi connectivity index (χ2n) is 6.91. The number of fused-ring (bicyclic) bond motifs is 2. The first kappa shape index (κ1) is 18.0. The minimum Gasteiger partial charge on any atom is -0.468 e. The van der Waals surface area contributed by atoms with Gasteiger partial charge in [0.05, 0.1) is 17.3 Å². The van der Waals surface area contributed by atoms with Crippen LogP contribution in [0.3, 0.4) is 0 Å². The molecule has 1 aromatic carbocycles. The SMILES string of the molecule is COC(=O)Cn1c(=NC(=O)CCC2CCCC2)sc2cc3c(cc21)OCO3. The second kappa shape index (κ2) is 7.72. The molecule has 0 atom stereocenters. The van der Waals surface area contributed by atoms with E-state index in [2.05, 4.69) is 4.99 Å². The third-order valence-corrected chi connectivity index (χ3v) is 6.19. The van der Waals surface area contributed by atoms with Crippen LogP contribution in [0.1, 0.15) is 38.5 Å². The molecule has 144 valence electrons. The van der Waals surface area contributed by atoms with Crippen molar-refractivity contribution in [3.63, 3.8) is 0 Å². The number of hydrogen-bond donors (Lipinski definition) is 0. The highest BCUT2D eigenvalue weighted by molar-refractivity contribution is 7.16. The fraction of sp³-hybridized carbons (Fsp3) is 0.526. The maximum absolute atomic E-state index is 12.4. The first-order chi connectivity index (χ1) is 13.1. The van der Waals surface area contributed by atoms with Gasteiger partial charge in [0.25, 0.3) is 0 Å². The van der Waals surface area contributed by atoms with Crippen LogP contribution in [0.15, 0.2) is 17.1 Å². The van der Waals surface area contributed by atoms with Gasteiger partial charge in [0.1, 0.15) is 6.54 Å². The van der Waals surface area contributed by atoms with E-state index in [4.69, 9.17) is 14.2 Å². The molecule has 0 bridgehead atoms. The van der Waals surface area contributed by atoms with Crippen LogP contribution in [0.4, 0.5) is 0 Å². The molecule has 27 heavy (non-hydrogen) atoms. The van der Waals surface area contributed by atoms with Gasteiger partial charge in [0.2, 0.25) is 12.7 Å². The molecular weight excluding hydrogens is 368 g/mol. The van der Waals surface area contributed by atoms with Gasteiger partial charge in [-0.3, -0.25) is 9.59 Å². The maximum Gasteiger partial charge on any atom is 0.325 e. The quantitative estimate of drug-likeness (QED) is 0.734. The van der Waals surface area contributed by atoms with E-state index < -0.39 is 5.97 Å². The summed E-state index contributed by atoms with van der Waals surface area (Å²) in [6.07, 6.45) is 6.29. The van der Waals surface area contributed by atoms with Crippen molar-refractivity contribution in [2.45, 2.75) is 45.1 Å². The van der Waals surface area contributed by atoms with Crippen molar-refractivity contribution < 1.29 is 23.8 Å². The van der Waals surface area contributed by atoms with Gasteiger partial charge < -0.3 is 18.8 Å². The lowest BCUT2D eigenvalue weighted by Gasteiger charge is -2.06. The molecule has 8 heteroatoms. The molecule has 2 aromatic rings. The lowest BCUT2D eigenvalue weighted by atomic mass is 10.0. The van der Waals surface area contributed by atoms with E-state index in [1.165, 1.54) is 44.1 Å². The van der Waals surface area contributed by atoms with Crippen molar-refractivity contribution in [3.05, 3.63) is 16.9 Å². The van der Waals surface area contributed by atoms with Crippen molar-refractivity contribution in [2.24, 2.45) is 10.9 Å². The second-order valence-corrected chi connectivity index (χ2v) is 7.92. The van der Waals surface area contributed by atoms with Crippen molar-refractivity contribution in [3.8, 4) is 11.5 Å². The monoisotopic (exact) mass is 390 g/mol. The Labute approximate surface area is 160 Å². The number of nitrogens with zero attached hydrogens (tertiary/aromatic N) is 2. The smallest absolute Gasteiger partial charge is 0.325 e. The Morgan fingerprint density at radius 1 is 1.26 bits per heavy atom. The van der Waals surface area contributed by atoms with Gasteiger partial charge in [0, 0.05) is 18.6 Å². The third kappa shape index (κ3) is 3.85. The van der Waals surface area contributed by atoms with Crippen LogP contribution in [-0.2, 0) is 20.9 Å². The summed E-state index contributed by atoms with van der Waals surface area (Å²) < 4.78 is 18.2. The van der Waals surface area contributed by atoms with Gasteiger partial charge >= 0.3 is 5.97 Å². The van der Waals surface area contributed by atoms with Crippen LogP contribution in [0.25, 0.3) is 10.2 Å². The van der Waals surface area contributed by atoms with Gasteiger partial charge in [-0.25, -0.2) is 0 Å². The van der Waals surface area contributed by atoms with Crippen LogP contribution in [0.2, 0.25) is 0 Å². The Morgan fingerprint density at radius 3 is 2.74 bits per heavy atom. The predicted octanol–water partition coefficient (Wildman–Crippen LogP) is 3.00. The first-order valence-electron chi connectivity index (χ1n) is 9.21. The summed E-state index contributed by atoms with van der Waals surface area (Å²) in [6, 6.07) is 3.68. The van der Waals surface area contributed by atoms with Crippen LogP contribution < -0.4 is 14.3 Å². The number of thiazole rings is 1. The molecular formula is C19H22N2O5S. The molecule has 7 nitrogen and oxygen atoms in total. The number of carbonyl (C=O) groups is 2. The molecule has 1 aliphatic carbocycles. The Hall–Kier alpha value is -2.35. The third-order valence-electron chi connectivity index (χ3n) is 5.15. The molecule has 2 heterocycles. The molecule has 0 spiro atoms. The molecule has 0 unspecified atom stereocenters. The molecule has 4 rings (SSSR count). The Balaban J connectivity index is 1.66. The zero-order chi connectivity index (χ0) is 18.8. The summed E-state index contributed by atoms with van der Waals surface area (Å²) in [7, 11) is 1.34. The van der Waals surface area contributed by atoms with Crippen LogP contribution in [-0.4, -0.2) is 30.3 Å². The number of hydrogen-bond acceptors (Lipinski definition) is 6. The van der Waals surface area contributed by atoms with E-state index in [0.29, 0.717) is 28.6 Å². The normalized spacial score (nSPS) is 17.0. The number of methoxy groups -OCH3 is 1. The Kier molecular flexibility index (Phi) is 5.15. The zero-order valence-corrected chi connectivity index (χ0v) is 16.0. The highest BCUT2D eigenvalue weighted by Crippen LogP contribution is 2.37. The summed E-state index contributed by atoms with van der Waals surface area (Å²) in [6.45, 7) is 0.172. The molecule has 0 N–H and O–H groups in total. The number of carbonyl (C=O) groups excluding carboxylic acids is 2. The molecule has 2 aliphatic rings. The highest BCUT2D eigenvalue weighted by Gasteiger charge is 2.20. The fourth-order valence-electron chi connectivity index (χ4n) is 3.68. The van der Waals surface area contributed by atoms with Crippen LogP contribution in [0, 0.1) is 5.92 Å². The maximum atomic E-state index is 12.4. The predicted molar refractivity (Wildman–Crippen MR) is 99.7 cm³/mol. The first-order valence-corrected chi connectivity index (χ1v) is 10.0. The number of esters is 1. The number of aromatic nitrogens is 1. The topological polar surface area (TPSA) is 79.1 Å². The molecule has 1 saturated carbocycles. The van der Waals surface area contributed by atoms with Crippen molar-refractivity contribution in [1.29, 1.82) is 0 Å². The van der Waals surface area contributed by atoms with E-state index in [1.54, 1.807) is 4.57 Å². The van der Waals surface area contributed by atoms with Crippen molar-refractivity contribution in [1.82, 2.24) is 4.57 Å². The summed E-state index contributed by atoms with van der Waals surface area (Å²) in [5, 5.41) is 0. The Morgan fingerprint density at radius 2 is 2.00 bits per heavy atom. The van der Waals surface area contributed by atoms with E-state index in [9.17, 15) is 9.59 Å². The van der Waals surface area contributed by atoms with Crippen molar-refractivity contribution >= 4 is 33.4 Å².